The Morgan fingerprint density at radius 1 is 1.18 bits per heavy atom. The van der Waals surface area contributed by atoms with Crippen molar-refractivity contribution < 1.29 is 23.1 Å². The van der Waals surface area contributed by atoms with Gasteiger partial charge in [0.05, 0.1) is 17.1 Å². The van der Waals surface area contributed by atoms with Crippen LogP contribution in [0.3, 0.4) is 0 Å². The van der Waals surface area contributed by atoms with Crippen molar-refractivity contribution in [2.45, 2.75) is 46.6 Å². The van der Waals surface area contributed by atoms with Gasteiger partial charge in [-0.1, -0.05) is 19.9 Å². The summed E-state index contributed by atoms with van der Waals surface area (Å²) >= 11 is 0. The lowest BCUT2D eigenvalue weighted by molar-refractivity contribution is 0.0691. The number of carboxylic acids is 1. The second-order valence-electron chi connectivity index (χ2n) is 9.79. The van der Waals surface area contributed by atoms with Gasteiger partial charge in [-0.15, -0.1) is 0 Å². The smallest absolute Gasteiger partial charge is 0.340 e. The summed E-state index contributed by atoms with van der Waals surface area (Å²) in [4.78, 5) is 26.6. The third kappa shape index (κ3) is 4.49. The van der Waals surface area contributed by atoms with Crippen molar-refractivity contribution in [3.63, 3.8) is 0 Å². The van der Waals surface area contributed by atoms with Crippen LogP contribution in [0.15, 0.2) is 39.5 Å². The summed E-state index contributed by atoms with van der Waals surface area (Å²) in [5, 5.41) is 12.8. The van der Waals surface area contributed by atoms with Gasteiger partial charge in [0.25, 0.3) is 0 Å². The Hall–Kier alpha value is -3.42. The van der Waals surface area contributed by atoms with E-state index in [4.69, 9.17) is 4.42 Å². The summed E-state index contributed by atoms with van der Waals surface area (Å²) in [6.07, 6.45) is 1.95. The van der Waals surface area contributed by atoms with E-state index in [1.807, 2.05) is 13.0 Å². The topological polar surface area (TPSA) is 82.8 Å². The van der Waals surface area contributed by atoms with E-state index in [2.05, 4.69) is 24.1 Å². The number of aromatic carboxylic acids is 1. The van der Waals surface area contributed by atoms with Crippen LogP contribution in [0, 0.1) is 24.0 Å². The minimum Gasteiger partial charge on any atom is -0.478 e. The molecule has 2 N–H and O–H groups in total. The van der Waals surface area contributed by atoms with Crippen molar-refractivity contribution in [3.8, 4) is 0 Å². The Morgan fingerprint density at radius 3 is 2.50 bits per heavy atom. The van der Waals surface area contributed by atoms with E-state index in [1.54, 1.807) is 13.0 Å². The first kappa shape index (κ1) is 23.7. The molecular formula is C26H28F2N2O4. The van der Waals surface area contributed by atoms with Crippen molar-refractivity contribution in [2.75, 3.05) is 23.3 Å². The fourth-order valence-electron chi connectivity index (χ4n) is 4.42. The summed E-state index contributed by atoms with van der Waals surface area (Å²) in [7, 11) is 0. The van der Waals surface area contributed by atoms with E-state index < -0.39 is 29.2 Å². The maximum Gasteiger partial charge on any atom is 0.340 e. The molecule has 180 valence electrons. The van der Waals surface area contributed by atoms with E-state index in [-0.39, 0.29) is 16.5 Å². The van der Waals surface area contributed by atoms with Crippen molar-refractivity contribution in [2.24, 2.45) is 5.41 Å². The van der Waals surface area contributed by atoms with Gasteiger partial charge in [0.1, 0.15) is 11.1 Å². The van der Waals surface area contributed by atoms with E-state index in [0.717, 1.165) is 37.6 Å². The molecule has 3 aromatic rings. The molecule has 0 amide bonds. The van der Waals surface area contributed by atoms with Crippen LogP contribution in [-0.2, 0) is 0 Å². The monoisotopic (exact) mass is 470 g/mol. The zero-order valence-electron chi connectivity index (χ0n) is 19.7. The van der Waals surface area contributed by atoms with Crippen LogP contribution < -0.4 is 15.6 Å². The first-order valence-corrected chi connectivity index (χ1v) is 11.3. The molecule has 1 aromatic heterocycles. The van der Waals surface area contributed by atoms with Crippen LogP contribution in [0.1, 0.15) is 61.1 Å². The standard InChI is InChI=1S/C26H28F2N2O4/c1-14-11-16(15(2)29-19-6-5-18(27)23(28)22(19)25(32)33)24-17(12-14)20(31)13-21(34-24)30-9-7-26(3,4)8-10-30/h5-6,11-13,15,29H,7-10H2,1-4H3,(H,32,33)/t15-/m1/s1. The molecule has 0 saturated carbocycles. The number of hydrogen-bond donors (Lipinski definition) is 2. The predicted molar refractivity (Wildman–Crippen MR) is 128 cm³/mol. The molecule has 1 saturated heterocycles. The highest BCUT2D eigenvalue weighted by Gasteiger charge is 2.28. The van der Waals surface area contributed by atoms with Gasteiger partial charge in [0, 0.05) is 24.7 Å². The average molecular weight is 471 g/mol. The molecule has 1 atom stereocenters. The van der Waals surface area contributed by atoms with Crippen LogP contribution in [0.5, 0.6) is 0 Å². The van der Waals surface area contributed by atoms with Gasteiger partial charge in [0.2, 0.25) is 0 Å². The van der Waals surface area contributed by atoms with Crippen LogP contribution in [0.4, 0.5) is 20.4 Å². The molecule has 2 heterocycles. The lowest BCUT2D eigenvalue weighted by Crippen LogP contribution is -2.37. The number of anilines is 2. The molecule has 6 nitrogen and oxygen atoms in total. The number of carboxylic acid groups (broad SMARTS) is 1. The van der Waals surface area contributed by atoms with E-state index in [9.17, 15) is 23.5 Å². The lowest BCUT2D eigenvalue weighted by atomic mass is 9.83. The van der Waals surface area contributed by atoms with Crippen molar-refractivity contribution in [1.29, 1.82) is 0 Å². The van der Waals surface area contributed by atoms with Crippen LogP contribution in [0.2, 0.25) is 0 Å². The molecule has 2 aromatic carbocycles. The van der Waals surface area contributed by atoms with Crippen LogP contribution in [0.25, 0.3) is 11.0 Å². The number of halogens is 2. The number of nitrogens with one attached hydrogen (secondary N) is 1. The second-order valence-corrected chi connectivity index (χ2v) is 9.79. The highest BCUT2D eigenvalue weighted by molar-refractivity contribution is 5.94. The van der Waals surface area contributed by atoms with Gasteiger partial charge in [-0.05, 0) is 55.9 Å². The quantitative estimate of drug-likeness (QED) is 0.485. The molecule has 4 rings (SSSR count). The molecule has 1 aliphatic rings. The van der Waals surface area contributed by atoms with Crippen LogP contribution in [-0.4, -0.2) is 24.2 Å². The molecule has 8 heteroatoms. The Balaban J connectivity index is 1.77. The third-order valence-electron chi connectivity index (χ3n) is 6.56. The molecular weight excluding hydrogens is 442 g/mol. The normalized spacial score (nSPS) is 16.5. The number of rotatable bonds is 5. The average Bonchev–Trinajstić information content (AvgIpc) is 2.76. The van der Waals surface area contributed by atoms with Gasteiger partial charge >= 0.3 is 5.97 Å². The van der Waals surface area contributed by atoms with Gasteiger partial charge in [0.15, 0.2) is 22.9 Å². The minimum absolute atomic E-state index is 0.0645. The van der Waals surface area contributed by atoms with Gasteiger partial charge in [-0.3, -0.25) is 4.79 Å². The number of piperidine rings is 1. The largest absolute Gasteiger partial charge is 0.478 e. The zero-order chi connectivity index (χ0) is 24.8. The molecule has 1 aliphatic heterocycles. The highest BCUT2D eigenvalue weighted by Crippen LogP contribution is 2.35. The van der Waals surface area contributed by atoms with Crippen molar-refractivity contribution in [1.82, 2.24) is 0 Å². The highest BCUT2D eigenvalue weighted by atomic mass is 19.2. The number of carbonyl (C=O) groups is 1. The SMILES string of the molecule is Cc1cc([C@@H](C)Nc2ccc(F)c(F)c2C(=O)O)c2oc(N3CCC(C)(C)CC3)cc(=O)c2c1. The number of benzene rings is 2. The van der Waals surface area contributed by atoms with E-state index >= 15 is 0 Å². The molecule has 0 unspecified atom stereocenters. The predicted octanol–water partition coefficient (Wildman–Crippen LogP) is 5.88. The minimum atomic E-state index is -1.58. The van der Waals surface area contributed by atoms with Crippen LogP contribution >= 0.6 is 0 Å². The number of aryl methyl sites for hydroxylation is 1. The molecule has 34 heavy (non-hydrogen) atoms. The molecule has 0 bridgehead atoms. The Labute approximate surface area is 196 Å². The summed E-state index contributed by atoms with van der Waals surface area (Å²) in [5.41, 5.74) is 1.05. The number of nitrogens with zero attached hydrogens (tertiary/aromatic N) is 1. The zero-order valence-corrected chi connectivity index (χ0v) is 19.7. The molecule has 0 radical (unpaired) electrons. The Kier molecular flexibility index (Phi) is 6.10. The van der Waals surface area contributed by atoms with Gasteiger partial charge in [-0.25, -0.2) is 13.6 Å². The lowest BCUT2D eigenvalue weighted by Gasteiger charge is -2.37. The fourth-order valence-corrected chi connectivity index (χ4v) is 4.42. The Bertz CT molecular complexity index is 1320. The van der Waals surface area contributed by atoms with Gasteiger partial charge in [-0.2, -0.15) is 0 Å². The van der Waals surface area contributed by atoms with Crippen molar-refractivity contribution in [3.05, 3.63) is 68.9 Å². The maximum absolute atomic E-state index is 14.2. The molecule has 0 spiro atoms. The molecule has 1 fully saturated rings. The second kappa shape index (κ2) is 8.74. The van der Waals surface area contributed by atoms with Crippen molar-refractivity contribution >= 4 is 28.5 Å². The maximum atomic E-state index is 14.2. The summed E-state index contributed by atoms with van der Waals surface area (Å²) < 4.78 is 34.1. The van der Waals surface area contributed by atoms with E-state index in [1.165, 1.54) is 12.1 Å². The van der Waals surface area contributed by atoms with E-state index in [0.29, 0.717) is 22.4 Å². The number of fused-ring (bicyclic) bond motifs is 1. The molecule has 0 aliphatic carbocycles. The summed E-state index contributed by atoms with van der Waals surface area (Å²) in [6.45, 7) is 9.57. The number of hydrogen-bond acceptors (Lipinski definition) is 5. The summed E-state index contributed by atoms with van der Waals surface area (Å²) in [5.74, 6) is -3.76. The van der Waals surface area contributed by atoms with Gasteiger partial charge < -0.3 is 19.7 Å². The first-order chi connectivity index (χ1) is 16.0. The Morgan fingerprint density at radius 2 is 1.85 bits per heavy atom. The fraction of sp³-hybridized carbons (Fsp3) is 0.385. The third-order valence-corrected chi connectivity index (χ3v) is 6.56. The first-order valence-electron chi connectivity index (χ1n) is 11.3. The summed E-state index contributed by atoms with van der Waals surface area (Å²) in [6, 6.07) is 6.60.